The Balaban J connectivity index is 1.77. The fourth-order valence-corrected chi connectivity index (χ4v) is 5.48. The summed E-state index contributed by atoms with van der Waals surface area (Å²) in [6.45, 7) is 2.65. The Kier molecular flexibility index (Phi) is 3.49. The average molecular weight is 396 g/mol. The Labute approximate surface area is 142 Å². The van der Waals surface area contributed by atoms with E-state index in [1.165, 1.54) is 14.3 Å². The Bertz CT molecular complexity index is 937. The van der Waals surface area contributed by atoms with Crippen molar-refractivity contribution >= 4 is 70.2 Å². The number of aryl methyl sites for hydroxylation is 1. The van der Waals surface area contributed by atoms with E-state index in [1.54, 1.807) is 34.0 Å². The number of hydrogen-bond acceptors (Lipinski definition) is 5. The van der Waals surface area contributed by atoms with Crippen LogP contribution < -0.4 is 4.74 Å². The molecule has 0 radical (unpaired) electrons. The molecule has 4 rings (SSSR count). The third kappa shape index (κ3) is 2.50. The van der Waals surface area contributed by atoms with Crippen LogP contribution in [0, 0.1) is 6.92 Å². The number of thiophene rings is 2. The molecule has 0 aliphatic rings. The highest BCUT2D eigenvalue weighted by atomic mass is 79.9. The maximum atomic E-state index is 6.07. The zero-order valence-corrected chi connectivity index (χ0v) is 15.1. The number of nitrogens with zero attached hydrogens (tertiary/aromatic N) is 1. The van der Waals surface area contributed by atoms with Crippen LogP contribution in [0.4, 0.5) is 0 Å². The lowest BCUT2D eigenvalue weighted by Gasteiger charge is -2.06. The van der Waals surface area contributed by atoms with Crippen LogP contribution in [0.25, 0.3) is 20.3 Å². The van der Waals surface area contributed by atoms with E-state index in [0.717, 1.165) is 26.1 Å². The predicted octanol–water partition coefficient (Wildman–Crippen LogP) is 6.22. The lowest BCUT2D eigenvalue weighted by atomic mass is 10.2. The molecule has 0 aliphatic heterocycles. The van der Waals surface area contributed by atoms with E-state index in [4.69, 9.17) is 4.74 Å². The molecule has 4 aromatic rings. The van der Waals surface area contributed by atoms with Gasteiger partial charge in [0.2, 0.25) is 0 Å². The van der Waals surface area contributed by atoms with Crippen LogP contribution in [0.2, 0.25) is 0 Å². The molecule has 0 atom stereocenters. The first-order valence-corrected chi connectivity index (χ1v) is 9.70. The number of aromatic nitrogens is 1. The van der Waals surface area contributed by atoms with Crippen molar-refractivity contribution in [1.82, 2.24) is 4.98 Å². The summed E-state index contributed by atoms with van der Waals surface area (Å²) in [5.41, 5.74) is 1.11. The third-order valence-electron chi connectivity index (χ3n) is 3.16. The van der Waals surface area contributed by atoms with Crippen LogP contribution in [0.15, 0.2) is 33.4 Å². The van der Waals surface area contributed by atoms with Gasteiger partial charge in [0.25, 0.3) is 0 Å². The molecule has 1 aromatic carbocycles. The van der Waals surface area contributed by atoms with Gasteiger partial charge in [-0.3, -0.25) is 0 Å². The van der Waals surface area contributed by atoms with Gasteiger partial charge in [-0.1, -0.05) is 0 Å². The monoisotopic (exact) mass is 395 g/mol. The topological polar surface area (TPSA) is 22.1 Å². The fraction of sp³-hybridized carbons (Fsp3) is 0.133. The Morgan fingerprint density at radius 1 is 1.29 bits per heavy atom. The summed E-state index contributed by atoms with van der Waals surface area (Å²) in [7, 11) is 0. The Hall–Kier alpha value is -0.950. The summed E-state index contributed by atoms with van der Waals surface area (Å²) in [6.07, 6.45) is 0. The zero-order chi connectivity index (χ0) is 14.4. The molecular formula is C15H10BrNOS3. The van der Waals surface area contributed by atoms with Crippen molar-refractivity contribution < 1.29 is 4.74 Å². The summed E-state index contributed by atoms with van der Waals surface area (Å²) in [5, 5.41) is 6.44. The van der Waals surface area contributed by atoms with Crippen LogP contribution in [0.5, 0.6) is 5.75 Å². The second-order valence-corrected chi connectivity index (χ2v) is 8.70. The fourth-order valence-electron chi connectivity index (χ4n) is 2.28. The van der Waals surface area contributed by atoms with Crippen LogP contribution in [0.3, 0.4) is 0 Å². The molecule has 106 valence electrons. The highest BCUT2D eigenvalue weighted by Crippen LogP contribution is 2.39. The molecule has 0 bridgehead atoms. The minimum atomic E-state index is 0.602. The summed E-state index contributed by atoms with van der Waals surface area (Å²) >= 11 is 8.63. The van der Waals surface area contributed by atoms with Crippen molar-refractivity contribution in [3.05, 3.63) is 43.3 Å². The van der Waals surface area contributed by atoms with Crippen LogP contribution in [-0.4, -0.2) is 4.98 Å². The van der Waals surface area contributed by atoms with Crippen molar-refractivity contribution in [2.45, 2.75) is 13.5 Å². The molecule has 0 aliphatic carbocycles. The van der Waals surface area contributed by atoms with Gasteiger partial charge in [0, 0.05) is 26.2 Å². The second kappa shape index (κ2) is 5.35. The van der Waals surface area contributed by atoms with Gasteiger partial charge in [-0.25, -0.2) is 4.98 Å². The number of benzene rings is 1. The van der Waals surface area contributed by atoms with Crippen molar-refractivity contribution in [1.29, 1.82) is 0 Å². The summed E-state index contributed by atoms with van der Waals surface area (Å²) in [6, 6.07) is 6.34. The number of fused-ring (bicyclic) bond motifs is 3. The Morgan fingerprint density at radius 3 is 3.00 bits per heavy atom. The van der Waals surface area contributed by atoms with Gasteiger partial charge in [0.15, 0.2) is 0 Å². The number of hydrogen-bond donors (Lipinski definition) is 0. The smallest absolute Gasteiger partial charge is 0.130 e. The number of halogens is 1. The van der Waals surface area contributed by atoms with Gasteiger partial charge in [-0.05, 0) is 40.4 Å². The molecule has 6 heteroatoms. The number of ether oxygens (including phenoxy) is 1. The molecule has 0 saturated carbocycles. The van der Waals surface area contributed by atoms with Crippen molar-refractivity contribution in [2.24, 2.45) is 0 Å². The van der Waals surface area contributed by atoms with Gasteiger partial charge in [0.1, 0.15) is 12.4 Å². The van der Waals surface area contributed by atoms with Gasteiger partial charge < -0.3 is 4.74 Å². The molecule has 0 fully saturated rings. The maximum absolute atomic E-state index is 6.07. The standard InChI is InChI=1S/C15H10BrNOS3/c1-8-17-14-13(21-8)5-12(11-2-3-19-15(11)14)18-6-10-4-9(16)7-20-10/h2-5,7H,6H2,1H3. The third-order valence-corrected chi connectivity index (χ3v) is 6.67. The number of rotatable bonds is 3. The summed E-state index contributed by atoms with van der Waals surface area (Å²) < 4.78 is 9.60. The van der Waals surface area contributed by atoms with Gasteiger partial charge in [-0.15, -0.1) is 34.0 Å². The lowest BCUT2D eigenvalue weighted by molar-refractivity contribution is 0.314. The molecule has 3 heterocycles. The average Bonchev–Trinajstić information content (AvgIpc) is 3.14. The molecular weight excluding hydrogens is 386 g/mol. The molecule has 0 spiro atoms. The highest BCUT2D eigenvalue weighted by molar-refractivity contribution is 9.10. The largest absolute Gasteiger partial charge is 0.487 e. The Morgan fingerprint density at radius 2 is 2.19 bits per heavy atom. The summed E-state index contributed by atoms with van der Waals surface area (Å²) in [4.78, 5) is 5.86. The molecule has 21 heavy (non-hydrogen) atoms. The van der Waals surface area contributed by atoms with Crippen LogP contribution in [0.1, 0.15) is 9.88 Å². The normalized spacial score (nSPS) is 11.5. The first kappa shape index (κ1) is 13.7. The quantitative estimate of drug-likeness (QED) is 0.410. The molecule has 0 N–H and O–H groups in total. The van der Waals surface area contributed by atoms with Crippen molar-refractivity contribution in [2.75, 3.05) is 0 Å². The molecule has 2 nitrogen and oxygen atoms in total. The van der Waals surface area contributed by atoms with Gasteiger partial charge >= 0.3 is 0 Å². The van der Waals surface area contributed by atoms with E-state index in [-0.39, 0.29) is 0 Å². The van der Waals surface area contributed by atoms with E-state index in [9.17, 15) is 0 Å². The second-order valence-electron chi connectivity index (χ2n) is 4.64. The highest BCUT2D eigenvalue weighted by Gasteiger charge is 2.12. The minimum absolute atomic E-state index is 0.602. The SMILES string of the molecule is Cc1nc2c(cc(OCc3cc(Br)cs3)c3ccsc32)s1. The van der Waals surface area contributed by atoms with Gasteiger partial charge in [0.05, 0.1) is 19.9 Å². The zero-order valence-electron chi connectivity index (χ0n) is 11.1. The first-order valence-electron chi connectivity index (χ1n) is 6.34. The summed E-state index contributed by atoms with van der Waals surface area (Å²) in [5.74, 6) is 0.951. The van der Waals surface area contributed by atoms with E-state index < -0.39 is 0 Å². The van der Waals surface area contributed by atoms with E-state index in [1.807, 2.05) is 6.92 Å². The predicted molar refractivity (Wildman–Crippen MR) is 96.1 cm³/mol. The molecule has 0 saturated heterocycles. The van der Waals surface area contributed by atoms with Crippen molar-refractivity contribution in [3.8, 4) is 5.75 Å². The maximum Gasteiger partial charge on any atom is 0.130 e. The lowest BCUT2D eigenvalue weighted by Crippen LogP contribution is -1.93. The molecule has 0 unspecified atom stereocenters. The van der Waals surface area contributed by atoms with E-state index in [0.29, 0.717) is 6.61 Å². The molecule has 3 aromatic heterocycles. The first-order chi connectivity index (χ1) is 10.2. The number of thiazole rings is 1. The van der Waals surface area contributed by atoms with Crippen molar-refractivity contribution in [3.63, 3.8) is 0 Å². The van der Waals surface area contributed by atoms with E-state index >= 15 is 0 Å². The van der Waals surface area contributed by atoms with Crippen LogP contribution >= 0.6 is 49.9 Å². The minimum Gasteiger partial charge on any atom is -0.487 e. The van der Waals surface area contributed by atoms with Gasteiger partial charge in [-0.2, -0.15) is 0 Å². The molecule has 0 amide bonds. The van der Waals surface area contributed by atoms with Crippen LogP contribution in [-0.2, 0) is 6.61 Å². The van der Waals surface area contributed by atoms with E-state index in [2.05, 4.69) is 49.9 Å².